The van der Waals surface area contributed by atoms with Crippen molar-refractivity contribution in [3.8, 4) is 5.75 Å². The number of carbonyl (C=O) groups excluding carboxylic acids is 1. The molecule has 0 saturated carbocycles. The second-order valence-corrected chi connectivity index (χ2v) is 7.84. The number of hydrogen-bond acceptors (Lipinski definition) is 5. The summed E-state index contributed by atoms with van der Waals surface area (Å²) >= 11 is 0. The number of benzene rings is 1. The maximum absolute atomic E-state index is 12.5. The Bertz CT molecular complexity index is 688. The lowest BCUT2D eigenvalue weighted by atomic mass is 10.0. The second-order valence-electron chi connectivity index (χ2n) is 7.84. The third-order valence-corrected chi connectivity index (χ3v) is 5.58. The number of ether oxygens (including phenoxy) is 2. The summed E-state index contributed by atoms with van der Waals surface area (Å²) in [4.78, 5) is 25.7. The Kier molecular flexibility index (Phi) is 8.31. The van der Waals surface area contributed by atoms with Gasteiger partial charge in [-0.05, 0) is 50.2 Å². The summed E-state index contributed by atoms with van der Waals surface area (Å²) < 4.78 is 11.6. The number of aryl methyl sites for hydroxylation is 1. The Morgan fingerprint density at radius 2 is 1.97 bits per heavy atom. The van der Waals surface area contributed by atoms with Crippen LogP contribution in [0.5, 0.6) is 5.75 Å². The third-order valence-electron chi connectivity index (χ3n) is 5.58. The summed E-state index contributed by atoms with van der Waals surface area (Å²) in [7, 11) is 0. The van der Waals surface area contributed by atoms with Crippen LogP contribution in [0.3, 0.4) is 0 Å². The minimum absolute atomic E-state index is 0.0558. The van der Waals surface area contributed by atoms with E-state index in [1.54, 1.807) is 0 Å². The highest BCUT2D eigenvalue weighted by Crippen LogP contribution is 2.26. The Hall–Kier alpha value is -2.12. The fourth-order valence-electron chi connectivity index (χ4n) is 3.94. The van der Waals surface area contributed by atoms with Gasteiger partial charge in [-0.15, -0.1) is 0 Å². The molecule has 1 aromatic rings. The summed E-state index contributed by atoms with van der Waals surface area (Å²) in [5.74, 6) is 0.0896. The van der Waals surface area contributed by atoms with Crippen LogP contribution in [0.15, 0.2) is 18.2 Å². The molecule has 7 heteroatoms. The van der Waals surface area contributed by atoms with E-state index in [4.69, 9.17) is 14.6 Å². The minimum Gasteiger partial charge on any atom is -0.493 e. The smallest absolute Gasteiger partial charge is 0.303 e. The second kappa shape index (κ2) is 11.2. The van der Waals surface area contributed by atoms with Crippen LogP contribution in [-0.2, 0) is 27.3 Å². The molecule has 0 aliphatic carbocycles. The van der Waals surface area contributed by atoms with Crippen LogP contribution in [0.25, 0.3) is 0 Å². The van der Waals surface area contributed by atoms with Crippen molar-refractivity contribution < 1.29 is 24.2 Å². The van der Waals surface area contributed by atoms with Gasteiger partial charge in [0.05, 0.1) is 13.2 Å². The fourth-order valence-corrected chi connectivity index (χ4v) is 3.94. The molecular formula is C22H32N2O5. The van der Waals surface area contributed by atoms with Gasteiger partial charge in [-0.25, -0.2) is 0 Å². The van der Waals surface area contributed by atoms with Crippen LogP contribution in [0, 0.1) is 0 Å². The van der Waals surface area contributed by atoms with Crippen LogP contribution < -0.4 is 10.1 Å². The molecule has 2 N–H and O–H groups in total. The maximum atomic E-state index is 12.5. The van der Waals surface area contributed by atoms with E-state index in [0.717, 1.165) is 49.0 Å². The van der Waals surface area contributed by atoms with Crippen LogP contribution >= 0.6 is 0 Å². The highest BCUT2D eigenvalue weighted by Gasteiger charge is 2.25. The standard InChI is InChI=1S/C22H32N2O5/c25-21-16-24(19-8-12-28-13-9-19)15-18-14-17(5-7-22(26)27)4-6-20(18)29-11-3-1-2-10-23-21/h4,6,14,19H,1-3,5,7-13,15-16H2,(H,23,25)(H,26,27). The van der Waals surface area contributed by atoms with E-state index in [1.165, 1.54) is 0 Å². The first-order valence-electron chi connectivity index (χ1n) is 10.7. The van der Waals surface area contributed by atoms with Crippen molar-refractivity contribution in [2.45, 2.75) is 57.5 Å². The first-order valence-corrected chi connectivity index (χ1v) is 10.7. The Morgan fingerprint density at radius 1 is 1.14 bits per heavy atom. The van der Waals surface area contributed by atoms with E-state index in [0.29, 0.717) is 45.9 Å². The fraction of sp³-hybridized carbons (Fsp3) is 0.636. The molecule has 1 fully saturated rings. The molecule has 2 aliphatic rings. The van der Waals surface area contributed by atoms with Crippen LogP contribution in [0.4, 0.5) is 0 Å². The summed E-state index contributed by atoms with van der Waals surface area (Å²) in [6, 6.07) is 6.23. The van der Waals surface area contributed by atoms with E-state index in [-0.39, 0.29) is 18.4 Å². The summed E-state index contributed by atoms with van der Waals surface area (Å²) in [5.41, 5.74) is 2.00. The van der Waals surface area contributed by atoms with Gasteiger partial charge in [0.2, 0.25) is 5.91 Å². The molecule has 29 heavy (non-hydrogen) atoms. The van der Waals surface area contributed by atoms with Crippen LogP contribution in [-0.4, -0.2) is 60.8 Å². The van der Waals surface area contributed by atoms with Gasteiger partial charge >= 0.3 is 5.97 Å². The predicted molar refractivity (Wildman–Crippen MR) is 109 cm³/mol. The van der Waals surface area contributed by atoms with Gasteiger partial charge in [0.25, 0.3) is 0 Å². The zero-order chi connectivity index (χ0) is 20.5. The monoisotopic (exact) mass is 404 g/mol. The van der Waals surface area contributed by atoms with Crippen molar-refractivity contribution in [2.75, 3.05) is 32.9 Å². The maximum Gasteiger partial charge on any atom is 0.303 e. The number of aliphatic carboxylic acids is 1. The largest absolute Gasteiger partial charge is 0.493 e. The number of carboxylic acids is 1. The van der Waals surface area contributed by atoms with E-state index in [1.807, 2.05) is 18.2 Å². The summed E-state index contributed by atoms with van der Waals surface area (Å²) in [5, 5.41) is 12.0. The van der Waals surface area contributed by atoms with Gasteiger partial charge in [0.1, 0.15) is 5.75 Å². The topological polar surface area (TPSA) is 88.1 Å². The van der Waals surface area contributed by atoms with E-state index in [2.05, 4.69) is 10.2 Å². The normalized spacial score (nSPS) is 20.3. The van der Waals surface area contributed by atoms with Crippen molar-refractivity contribution in [1.82, 2.24) is 10.2 Å². The van der Waals surface area contributed by atoms with E-state index < -0.39 is 5.97 Å². The molecule has 1 saturated heterocycles. The minimum atomic E-state index is -0.800. The average Bonchev–Trinajstić information content (AvgIpc) is 2.73. The molecule has 0 spiro atoms. The van der Waals surface area contributed by atoms with Crippen LogP contribution in [0.2, 0.25) is 0 Å². The van der Waals surface area contributed by atoms with Crippen molar-refractivity contribution in [1.29, 1.82) is 0 Å². The lowest BCUT2D eigenvalue weighted by Gasteiger charge is -2.34. The first-order chi connectivity index (χ1) is 14.1. The van der Waals surface area contributed by atoms with Crippen molar-refractivity contribution in [2.24, 2.45) is 0 Å². The number of amides is 1. The quantitative estimate of drug-likeness (QED) is 0.801. The molecule has 0 aromatic heterocycles. The predicted octanol–water partition coefficient (Wildman–Crippen LogP) is 2.36. The molecular weight excluding hydrogens is 372 g/mol. The number of carbonyl (C=O) groups is 2. The molecule has 0 unspecified atom stereocenters. The highest BCUT2D eigenvalue weighted by molar-refractivity contribution is 5.78. The van der Waals surface area contributed by atoms with Gasteiger partial charge in [-0.1, -0.05) is 12.1 Å². The molecule has 0 radical (unpaired) electrons. The molecule has 0 bridgehead atoms. The zero-order valence-electron chi connectivity index (χ0n) is 17.0. The first kappa shape index (κ1) is 21.6. The van der Waals surface area contributed by atoms with Crippen molar-refractivity contribution in [3.05, 3.63) is 29.3 Å². The van der Waals surface area contributed by atoms with Crippen molar-refractivity contribution >= 4 is 11.9 Å². The summed E-state index contributed by atoms with van der Waals surface area (Å²) in [6.07, 6.45) is 5.31. The van der Waals surface area contributed by atoms with Gasteiger partial charge in [-0.3, -0.25) is 14.5 Å². The number of carboxylic acid groups (broad SMARTS) is 1. The Balaban J connectivity index is 1.83. The molecule has 2 heterocycles. The number of nitrogens with zero attached hydrogens (tertiary/aromatic N) is 1. The SMILES string of the molecule is O=C(O)CCc1ccc2c(c1)CN(C1CCOCC1)CC(=O)NCCCCCO2. The van der Waals surface area contributed by atoms with Gasteiger partial charge in [0, 0.05) is 44.3 Å². The molecule has 7 nitrogen and oxygen atoms in total. The molecule has 1 aromatic carbocycles. The number of hydrogen-bond donors (Lipinski definition) is 2. The van der Waals surface area contributed by atoms with Crippen molar-refractivity contribution in [3.63, 3.8) is 0 Å². The molecule has 1 amide bonds. The average molecular weight is 405 g/mol. The Labute approximate surface area is 172 Å². The van der Waals surface area contributed by atoms with Gasteiger partial charge in [0.15, 0.2) is 0 Å². The van der Waals surface area contributed by atoms with Crippen LogP contribution in [0.1, 0.15) is 49.7 Å². The van der Waals surface area contributed by atoms with E-state index in [9.17, 15) is 9.59 Å². The van der Waals surface area contributed by atoms with E-state index >= 15 is 0 Å². The lowest BCUT2D eigenvalue weighted by molar-refractivity contribution is -0.137. The summed E-state index contributed by atoms with van der Waals surface area (Å²) in [6.45, 7) is 3.73. The number of nitrogens with one attached hydrogen (secondary N) is 1. The zero-order valence-corrected chi connectivity index (χ0v) is 17.0. The third kappa shape index (κ3) is 7.01. The lowest BCUT2D eigenvalue weighted by Crippen LogP contribution is -2.45. The van der Waals surface area contributed by atoms with Gasteiger partial charge in [-0.2, -0.15) is 0 Å². The highest BCUT2D eigenvalue weighted by atomic mass is 16.5. The number of fused-ring (bicyclic) bond motifs is 1. The Morgan fingerprint density at radius 3 is 2.76 bits per heavy atom. The number of rotatable bonds is 4. The molecule has 3 rings (SSSR count). The molecule has 160 valence electrons. The van der Waals surface area contributed by atoms with Gasteiger partial charge < -0.3 is 19.9 Å². The molecule has 0 atom stereocenters. The molecule has 2 aliphatic heterocycles.